The largest absolute Gasteiger partial charge is 0.434 e. The lowest BCUT2D eigenvalue weighted by Crippen LogP contribution is -2.31. The van der Waals surface area contributed by atoms with Gasteiger partial charge < -0.3 is 10.1 Å². The molecule has 2 rings (SSSR count). The van der Waals surface area contributed by atoms with Crippen molar-refractivity contribution in [3.05, 3.63) is 35.5 Å². The molecule has 0 spiro atoms. The SMILES string of the molecule is CCCCN1C(=O)/C(=C\c2ccccc2OC(F)F)NC1=S. The van der Waals surface area contributed by atoms with E-state index in [4.69, 9.17) is 12.2 Å². The molecule has 22 heavy (non-hydrogen) atoms. The summed E-state index contributed by atoms with van der Waals surface area (Å²) >= 11 is 5.13. The number of thiocarbonyl (C=S) groups is 1. The zero-order valence-corrected chi connectivity index (χ0v) is 12.8. The van der Waals surface area contributed by atoms with Crippen LogP contribution in [-0.4, -0.2) is 29.1 Å². The smallest absolute Gasteiger partial charge is 0.387 e. The summed E-state index contributed by atoms with van der Waals surface area (Å²) in [6.07, 6.45) is 3.25. The molecule has 7 heteroatoms. The second-order valence-electron chi connectivity index (χ2n) is 4.71. The molecule has 1 aromatic carbocycles. The monoisotopic (exact) mass is 326 g/mol. The molecule has 0 radical (unpaired) electrons. The number of benzene rings is 1. The number of para-hydroxylation sites is 1. The first kappa shape index (κ1) is 16.4. The molecule has 0 unspecified atom stereocenters. The fraction of sp³-hybridized carbons (Fsp3) is 0.333. The van der Waals surface area contributed by atoms with E-state index in [1.165, 1.54) is 17.0 Å². The number of hydrogen-bond acceptors (Lipinski definition) is 3. The molecular formula is C15H16F2N2O2S. The van der Waals surface area contributed by atoms with Crippen molar-refractivity contribution in [2.45, 2.75) is 26.4 Å². The number of unbranched alkanes of at least 4 members (excludes halogenated alkanes) is 1. The van der Waals surface area contributed by atoms with Crippen molar-refractivity contribution >= 4 is 29.3 Å². The Hall–Kier alpha value is -2.02. The number of alkyl halides is 2. The van der Waals surface area contributed by atoms with Crippen molar-refractivity contribution < 1.29 is 18.3 Å². The van der Waals surface area contributed by atoms with Crippen LogP contribution in [0, 0.1) is 0 Å². The maximum Gasteiger partial charge on any atom is 0.387 e. The molecule has 118 valence electrons. The maximum atomic E-state index is 12.4. The molecule has 4 nitrogen and oxygen atoms in total. The summed E-state index contributed by atoms with van der Waals surface area (Å²) in [6, 6.07) is 6.28. The van der Waals surface area contributed by atoms with Gasteiger partial charge in [-0.3, -0.25) is 9.69 Å². The number of carbonyl (C=O) groups excluding carboxylic acids is 1. The van der Waals surface area contributed by atoms with Crippen LogP contribution in [-0.2, 0) is 4.79 Å². The van der Waals surface area contributed by atoms with E-state index in [0.29, 0.717) is 17.2 Å². The van der Waals surface area contributed by atoms with Crippen LogP contribution in [0.5, 0.6) is 5.75 Å². The molecule has 0 bridgehead atoms. The third-order valence-electron chi connectivity index (χ3n) is 3.13. The Labute approximate surface area is 132 Å². The quantitative estimate of drug-likeness (QED) is 0.644. The van der Waals surface area contributed by atoms with E-state index < -0.39 is 6.61 Å². The normalized spacial score (nSPS) is 16.5. The molecular weight excluding hydrogens is 310 g/mol. The van der Waals surface area contributed by atoms with Crippen molar-refractivity contribution in [2.75, 3.05) is 6.54 Å². The van der Waals surface area contributed by atoms with Gasteiger partial charge in [-0.25, -0.2) is 0 Å². The molecule has 0 saturated carbocycles. The van der Waals surface area contributed by atoms with Crippen LogP contribution < -0.4 is 10.1 Å². The second-order valence-corrected chi connectivity index (χ2v) is 5.10. The Kier molecular flexibility index (Phi) is 5.43. The highest BCUT2D eigenvalue weighted by molar-refractivity contribution is 7.80. The Morgan fingerprint density at radius 1 is 1.41 bits per heavy atom. The minimum absolute atomic E-state index is 0.0116. The van der Waals surface area contributed by atoms with Gasteiger partial charge >= 0.3 is 6.61 Å². The topological polar surface area (TPSA) is 41.6 Å². The first-order valence-electron chi connectivity index (χ1n) is 6.91. The van der Waals surface area contributed by atoms with E-state index in [0.717, 1.165) is 12.8 Å². The van der Waals surface area contributed by atoms with Crippen molar-refractivity contribution in [2.24, 2.45) is 0 Å². The van der Waals surface area contributed by atoms with E-state index in [9.17, 15) is 13.6 Å². The number of rotatable bonds is 6. The number of amides is 1. The zero-order chi connectivity index (χ0) is 16.1. The lowest BCUT2D eigenvalue weighted by atomic mass is 10.1. The standard InChI is InChI=1S/C15H16F2N2O2S/c1-2-3-8-19-13(20)11(18-15(19)22)9-10-6-4-5-7-12(10)21-14(16)17/h4-7,9,14H,2-3,8H2,1H3,(H,18,22)/b11-9+. The lowest BCUT2D eigenvalue weighted by Gasteiger charge is -2.12. The number of ether oxygens (including phenoxy) is 1. The predicted octanol–water partition coefficient (Wildman–Crippen LogP) is 3.15. The zero-order valence-electron chi connectivity index (χ0n) is 12.0. The Bertz CT molecular complexity index is 605. The molecule has 1 aliphatic heterocycles. The van der Waals surface area contributed by atoms with Gasteiger partial charge in [-0.1, -0.05) is 31.5 Å². The van der Waals surface area contributed by atoms with Crippen LogP contribution in [0.25, 0.3) is 6.08 Å². The highest BCUT2D eigenvalue weighted by Gasteiger charge is 2.30. The van der Waals surface area contributed by atoms with Crippen LogP contribution in [0.4, 0.5) is 8.78 Å². The molecule has 1 aliphatic rings. The second kappa shape index (κ2) is 7.31. The summed E-state index contributed by atoms with van der Waals surface area (Å²) in [4.78, 5) is 13.8. The van der Waals surface area contributed by atoms with Gasteiger partial charge in [0.1, 0.15) is 11.4 Å². The first-order chi connectivity index (χ1) is 10.5. The van der Waals surface area contributed by atoms with Gasteiger partial charge in [0.05, 0.1) is 0 Å². The van der Waals surface area contributed by atoms with Gasteiger partial charge in [-0.2, -0.15) is 8.78 Å². The molecule has 1 heterocycles. The molecule has 0 aliphatic carbocycles. The van der Waals surface area contributed by atoms with E-state index in [-0.39, 0.29) is 17.4 Å². The van der Waals surface area contributed by atoms with E-state index in [1.807, 2.05) is 6.92 Å². The van der Waals surface area contributed by atoms with Crippen LogP contribution >= 0.6 is 12.2 Å². The van der Waals surface area contributed by atoms with E-state index in [1.54, 1.807) is 18.2 Å². The third-order valence-corrected chi connectivity index (χ3v) is 3.45. The van der Waals surface area contributed by atoms with Gasteiger partial charge in [0.15, 0.2) is 5.11 Å². The average Bonchev–Trinajstić information content (AvgIpc) is 2.73. The highest BCUT2D eigenvalue weighted by atomic mass is 32.1. The van der Waals surface area contributed by atoms with Gasteiger partial charge in [0.2, 0.25) is 0 Å². The Morgan fingerprint density at radius 2 is 2.14 bits per heavy atom. The fourth-order valence-electron chi connectivity index (χ4n) is 2.05. The maximum absolute atomic E-state index is 12.4. The van der Waals surface area contributed by atoms with Crippen LogP contribution in [0.3, 0.4) is 0 Å². The van der Waals surface area contributed by atoms with Crippen LogP contribution in [0.1, 0.15) is 25.3 Å². The summed E-state index contributed by atoms with van der Waals surface area (Å²) < 4.78 is 29.2. The first-order valence-corrected chi connectivity index (χ1v) is 7.32. The molecule has 1 amide bonds. The molecule has 1 N–H and O–H groups in total. The fourth-order valence-corrected chi connectivity index (χ4v) is 2.33. The minimum atomic E-state index is -2.92. The van der Waals surface area contributed by atoms with Gasteiger partial charge in [-0.15, -0.1) is 0 Å². The van der Waals surface area contributed by atoms with Crippen LogP contribution in [0.15, 0.2) is 30.0 Å². The Morgan fingerprint density at radius 3 is 2.82 bits per heavy atom. The average molecular weight is 326 g/mol. The molecule has 1 saturated heterocycles. The number of hydrogen-bond donors (Lipinski definition) is 1. The van der Waals surface area contributed by atoms with Crippen molar-refractivity contribution in [1.29, 1.82) is 0 Å². The molecule has 1 aromatic rings. The highest BCUT2D eigenvalue weighted by Crippen LogP contribution is 2.24. The van der Waals surface area contributed by atoms with Gasteiger partial charge in [-0.05, 0) is 30.8 Å². The van der Waals surface area contributed by atoms with E-state index in [2.05, 4.69) is 10.1 Å². The number of halogens is 2. The minimum Gasteiger partial charge on any atom is -0.434 e. The third kappa shape index (κ3) is 3.79. The van der Waals surface area contributed by atoms with Gasteiger partial charge in [0.25, 0.3) is 5.91 Å². The number of nitrogens with one attached hydrogen (secondary N) is 1. The van der Waals surface area contributed by atoms with Crippen molar-refractivity contribution in [3.8, 4) is 5.75 Å². The van der Waals surface area contributed by atoms with Crippen LogP contribution in [0.2, 0.25) is 0 Å². The molecule has 0 atom stereocenters. The van der Waals surface area contributed by atoms with E-state index >= 15 is 0 Å². The predicted molar refractivity (Wildman–Crippen MR) is 83.4 cm³/mol. The van der Waals surface area contributed by atoms with Gasteiger partial charge in [0, 0.05) is 12.1 Å². The summed E-state index contributed by atoms with van der Waals surface area (Å²) in [5, 5.41) is 3.15. The number of carbonyl (C=O) groups is 1. The van der Waals surface area contributed by atoms with Crippen molar-refractivity contribution in [3.63, 3.8) is 0 Å². The Balaban J connectivity index is 2.23. The summed E-state index contributed by atoms with van der Waals surface area (Å²) in [7, 11) is 0. The summed E-state index contributed by atoms with van der Waals surface area (Å²) in [6.45, 7) is -0.367. The summed E-state index contributed by atoms with van der Waals surface area (Å²) in [5.74, 6) is -0.247. The molecule has 0 aromatic heterocycles. The lowest BCUT2D eigenvalue weighted by molar-refractivity contribution is -0.122. The van der Waals surface area contributed by atoms with Crippen molar-refractivity contribution in [1.82, 2.24) is 10.2 Å². The number of nitrogens with zero attached hydrogens (tertiary/aromatic N) is 1. The molecule has 1 fully saturated rings. The summed E-state index contributed by atoms with van der Waals surface area (Å²) in [5.41, 5.74) is 0.644.